The first-order valence-corrected chi connectivity index (χ1v) is 5.65. The van der Waals surface area contributed by atoms with Crippen molar-refractivity contribution in [2.24, 2.45) is 0 Å². The minimum Gasteiger partial charge on any atom is -0.359 e. The summed E-state index contributed by atoms with van der Waals surface area (Å²) in [6, 6.07) is 5.73. The summed E-state index contributed by atoms with van der Waals surface area (Å²) in [5, 5.41) is 7.73. The van der Waals surface area contributed by atoms with Crippen LogP contribution in [0, 0.1) is 5.82 Å². The Labute approximate surface area is 105 Å². The van der Waals surface area contributed by atoms with Gasteiger partial charge in [-0.1, -0.05) is 12.1 Å². The van der Waals surface area contributed by atoms with E-state index in [4.69, 9.17) is 0 Å². The molecule has 0 aliphatic carbocycles. The fourth-order valence-corrected chi connectivity index (χ4v) is 1.34. The van der Waals surface area contributed by atoms with Gasteiger partial charge in [-0.25, -0.2) is 9.18 Å². The highest BCUT2D eigenvalue weighted by Crippen LogP contribution is 2.02. The molecule has 0 aliphatic rings. The first-order valence-electron chi connectivity index (χ1n) is 5.65. The molecule has 0 atom stereocenters. The van der Waals surface area contributed by atoms with Crippen LogP contribution < -0.4 is 16.0 Å². The van der Waals surface area contributed by atoms with E-state index in [0.717, 1.165) is 0 Å². The van der Waals surface area contributed by atoms with Gasteiger partial charge in [-0.3, -0.25) is 4.79 Å². The number of hydrogen-bond donors (Lipinski definition) is 3. The third-order valence-electron chi connectivity index (χ3n) is 2.21. The van der Waals surface area contributed by atoms with Crippen molar-refractivity contribution >= 4 is 12.4 Å². The van der Waals surface area contributed by atoms with E-state index in [2.05, 4.69) is 16.0 Å². The SMILES string of the molecule is O=CNCCCNC(=O)NCc1cccc(F)c1. The molecule has 1 aromatic carbocycles. The summed E-state index contributed by atoms with van der Waals surface area (Å²) in [5.74, 6) is -0.324. The lowest BCUT2D eigenvalue weighted by atomic mass is 10.2. The second-order valence-electron chi connectivity index (χ2n) is 3.66. The quantitative estimate of drug-likeness (QED) is 0.496. The molecule has 0 fully saturated rings. The normalized spacial score (nSPS) is 9.61. The summed E-state index contributed by atoms with van der Waals surface area (Å²) < 4.78 is 12.8. The second-order valence-corrected chi connectivity index (χ2v) is 3.66. The fourth-order valence-electron chi connectivity index (χ4n) is 1.34. The molecular weight excluding hydrogens is 237 g/mol. The monoisotopic (exact) mass is 253 g/mol. The topological polar surface area (TPSA) is 70.2 Å². The van der Waals surface area contributed by atoms with E-state index in [1.165, 1.54) is 12.1 Å². The van der Waals surface area contributed by atoms with Gasteiger partial charge in [0.2, 0.25) is 6.41 Å². The maximum atomic E-state index is 12.8. The van der Waals surface area contributed by atoms with Gasteiger partial charge in [0.05, 0.1) is 0 Å². The molecule has 0 aliphatic heterocycles. The van der Waals surface area contributed by atoms with Gasteiger partial charge in [-0.05, 0) is 24.1 Å². The maximum absolute atomic E-state index is 12.8. The minimum absolute atomic E-state index is 0.274. The number of halogens is 1. The highest BCUT2D eigenvalue weighted by atomic mass is 19.1. The van der Waals surface area contributed by atoms with Crippen molar-refractivity contribution in [1.29, 1.82) is 0 Å². The van der Waals surface area contributed by atoms with Crippen molar-refractivity contribution in [3.63, 3.8) is 0 Å². The van der Waals surface area contributed by atoms with Crippen molar-refractivity contribution in [3.05, 3.63) is 35.6 Å². The smallest absolute Gasteiger partial charge is 0.315 e. The molecule has 0 bridgehead atoms. The van der Waals surface area contributed by atoms with Crippen LogP contribution in [0.25, 0.3) is 0 Å². The van der Waals surface area contributed by atoms with Crippen molar-refractivity contribution in [3.8, 4) is 0 Å². The summed E-state index contributed by atoms with van der Waals surface area (Å²) in [6.07, 6.45) is 1.27. The molecule has 1 aromatic rings. The fraction of sp³-hybridized carbons (Fsp3) is 0.333. The number of benzene rings is 1. The minimum atomic E-state index is -0.324. The number of amides is 3. The average molecular weight is 253 g/mol. The number of nitrogens with one attached hydrogen (secondary N) is 3. The molecule has 1 rings (SSSR count). The van der Waals surface area contributed by atoms with E-state index in [-0.39, 0.29) is 18.4 Å². The molecular formula is C12H16FN3O2. The Kier molecular flexibility index (Phi) is 6.24. The van der Waals surface area contributed by atoms with Gasteiger partial charge in [-0.2, -0.15) is 0 Å². The summed E-state index contributed by atoms with van der Waals surface area (Å²) in [7, 11) is 0. The zero-order chi connectivity index (χ0) is 13.2. The third-order valence-corrected chi connectivity index (χ3v) is 2.21. The summed E-state index contributed by atoms with van der Waals surface area (Å²) in [5.41, 5.74) is 0.702. The van der Waals surface area contributed by atoms with E-state index >= 15 is 0 Å². The lowest BCUT2D eigenvalue weighted by molar-refractivity contribution is -0.109. The molecule has 18 heavy (non-hydrogen) atoms. The van der Waals surface area contributed by atoms with Crippen molar-refractivity contribution < 1.29 is 14.0 Å². The summed E-state index contributed by atoms with van der Waals surface area (Å²) >= 11 is 0. The van der Waals surface area contributed by atoms with Crippen molar-refractivity contribution in [2.75, 3.05) is 13.1 Å². The highest BCUT2D eigenvalue weighted by Gasteiger charge is 2.00. The van der Waals surface area contributed by atoms with E-state index in [0.29, 0.717) is 31.5 Å². The van der Waals surface area contributed by atoms with Crippen LogP contribution in [0.5, 0.6) is 0 Å². The van der Waals surface area contributed by atoms with Crippen LogP contribution in [-0.2, 0) is 11.3 Å². The molecule has 5 nitrogen and oxygen atoms in total. The van der Waals surface area contributed by atoms with Crippen LogP contribution in [-0.4, -0.2) is 25.5 Å². The summed E-state index contributed by atoms with van der Waals surface area (Å²) in [6.45, 7) is 1.26. The Morgan fingerprint density at radius 1 is 1.28 bits per heavy atom. The van der Waals surface area contributed by atoms with Gasteiger partial charge in [-0.15, -0.1) is 0 Å². The van der Waals surface area contributed by atoms with Crippen LogP contribution in [0.3, 0.4) is 0 Å². The van der Waals surface area contributed by atoms with Crippen LogP contribution in [0.15, 0.2) is 24.3 Å². The molecule has 0 unspecified atom stereocenters. The molecule has 0 saturated heterocycles. The molecule has 0 aromatic heterocycles. The molecule has 0 saturated carbocycles. The lowest BCUT2D eigenvalue weighted by Gasteiger charge is -2.07. The van der Waals surface area contributed by atoms with Crippen LogP contribution in [0.2, 0.25) is 0 Å². The Balaban J connectivity index is 2.15. The lowest BCUT2D eigenvalue weighted by Crippen LogP contribution is -2.36. The average Bonchev–Trinajstić information content (AvgIpc) is 2.36. The Bertz CT molecular complexity index is 399. The van der Waals surface area contributed by atoms with E-state index < -0.39 is 0 Å². The van der Waals surface area contributed by atoms with Gasteiger partial charge in [0.15, 0.2) is 0 Å². The van der Waals surface area contributed by atoms with Crippen LogP contribution >= 0.6 is 0 Å². The first-order chi connectivity index (χ1) is 8.72. The van der Waals surface area contributed by atoms with Gasteiger partial charge in [0.25, 0.3) is 0 Å². The maximum Gasteiger partial charge on any atom is 0.315 e. The predicted molar refractivity (Wildman–Crippen MR) is 65.3 cm³/mol. The van der Waals surface area contributed by atoms with Gasteiger partial charge in [0, 0.05) is 19.6 Å². The van der Waals surface area contributed by atoms with E-state index in [1.54, 1.807) is 12.1 Å². The zero-order valence-electron chi connectivity index (χ0n) is 9.91. The van der Waals surface area contributed by atoms with Crippen LogP contribution in [0.4, 0.5) is 9.18 Å². The number of carbonyl (C=O) groups excluding carboxylic acids is 2. The molecule has 3 amide bonds. The Morgan fingerprint density at radius 3 is 2.83 bits per heavy atom. The first kappa shape index (κ1) is 14.0. The van der Waals surface area contributed by atoms with Gasteiger partial charge >= 0.3 is 6.03 Å². The molecule has 0 radical (unpaired) electrons. The van der Waals surface area contributed by atoms with Gasteiger partial charge < -0.3 is 16.0 Å². The highest BCUT2D eigenvalue weighted by molar-refractivity contribution is 5.73. The molecule has 98 valence electrons. The van der Waals surface area contributed by atoms with E-state index in [1.807, 2.05) is 0 Å². The number of carbonyl (C=O) groups is 2. The molecule has 3 N–H and O–H groups in total. The van der Waals surface area contributed by atoms with E-state index in [9.17, 15) is 14.0 Å². The molecule has 6 heteroatoms. The third kappa shape index (κ3) is 5.83. The second kappa shape index (κ2) is 8.05. The molecule has 0 spiro atoms. The van der Waals surface area contributed by atoms with Crippen LogP contribution in [0.1, 0.15) is 12.0 Å². The van der Waals surface area contributed by atoms with Crippen molar-refractivity contribution in [2.45, 2.75) is 13.0 Å². The number of rotatable bonds is 7. The molecule has 0 heterocycles. The Morgan fingerprint density at radius 2 is 2.11 bits per heavy atom. The number of hydrogen-bond acceptors (Lipinski definition) is 2. The van der Waals surface area contributed by atoms with Gasteiger partial charge in [0.1, 0.15) is 5.82 Å². The number of urea groups is 1. The largest absolute Gasteiger partial charge is 0.359 e. The van der Waals surface area contributed by atoms with Crippen molar-refractivity contribution in [1.82, 2.24) is 16.0 Å². The standard InChI is InChI=1S/C12H16FN3O2/c13-11-4-1-3-10(7-11)8-16-12(18)15-6-2-5-14-9-17/h1,3-4,7,9H,2,5-6,8H2,(H,14,17)(H2,15,16,18). The predicted octanol–water partition coefficient (Wildman–Crippen LogP) is 0.761. The summed E-state index contributed by atoms with van der Waals surface area (Å²) in [4.78, 5) is 21.3. The zero-order valence-corrected chi connectivity index (χ0v) is 9.91. The Hall–Kier alpha value is -2.11.